The fourth-order valence-electron chi connectivity index (χ4n) is 4.03. The summed E-state index contributed by atoms with van der Waals surface area (Å²) < 4.78 is 8.53. The van der Waals surface area contributed by atoms with Crippen molar-refractivity contribution in [3.63, 3.8) is 0 Å². The fourth-order valence-corrected chi connectivity index (χ4v) is 5.41. The number of hydrogen-bond donors (Lipinski definition) is 1. The highest BCUT2D eigenvalue weighted by Crippen LogP contribution is 2.41. The maximum absolute atomic E-state index is 12.7. The molecule has 1 fully saturated rings. The number of anilines is 1. The van der Waals surface area contributed by atoms with Gasteiger partial charge in [0.05, 0.1) is 6.20 Å². The number of hydrogen-bond acceptors (Lipinski definition) is 4. The minimum Gasteiger partial charge on any atom is -0.414 e. The molecule has 0 radical (unpaired) electrons. The predicted molar refractivity (Wildman–Crippen MR) is 122 cm³/mol. The average molecular weight is 427 g/mol. The highest BCUT2D eigenvalue weighted by molar-refractivity contribution is 6.74. The van der Waals surface area contributed by atoms with Crippen molar-refractivity contribution in [3.05, 3.63) is 30.2 Å². The van der Waals surface area contributed by atoms with Gasteiger partial charge in [-0.05, 0) is 67.9 Å². The van der Waals surface area contributed by atoms with Crippen LogP contribution in [-0.2, 0) is 22.2 Å². The molecular formula is C23H34N4O2Si. The van der Waals surface area contributed by atoms with E-state index in [1.165, 1.54) is 18.5 Å². The number of amides is 1. The molecule has 1 saturated carbocycles. The third-order valence-electron chi connectivity index (χ3n) is 7.04. The molecule has 2 aromatic rings. The van der Waals surface area contributed by atoms with Crippen LogP contribution in [0.2, 0.25) is 18.1 Å². The lowest BCUT2D eigenvalue weighted by atomic mass is 9.82. The summed E-state index contributed by atoms with van der Waals surface area (Å²) in [5.74, 6) is 0.669. The molecule has 2 aromatic heterocycles. The van der Waals surface area contributed by atoms with Crippen LogP contribution in [0.5, 0.6) is 0 Å². The Labute approximate surface area is 180 Å². The topological polar surface area (TPSA) is 69.0 Å². The van der Waals surface area contributed by atoms with Gasteiger partial charge < -0.3 is 9.74 Å². The molecule has 7 heteroatoms. The first-order chi connectivity index (χ1) is 14.1. The van der Waals surface area contributed by atoms with Crippen molar-refractivity contribution in [1.82, 2.24) is 14.8 Å². The van der Waals surface area contributed by atoms with Gasteiger partial charge in [0, 0.05) is 36.0 Å². The second-order valence-corrected chi connectivity index (χ2v) is 15.0. The van der Waals surface area contributed by atoms with Crippen LogP contribution >= 0.6 is 0 Å². The Bertz CT molecular complexity index is 926. The van der Waals surface area contributed by atoms with Crippen LogP contribution in [0.15, 0.2) is 24.5 Å². The molecule has 2 aliphatic rings. The SMILES string of the molecule is CC(C)(C)[Si](C)(C)O[C@H]1C[C@@H](C(=O)Nc2cc(-c3cnn4c3CCCC4)ccn2)C1. The summed E-state index contributed by atoms with van der Waals surface area (Å²) in [5, 5.41) is 7.74. The molecule has 30 heavy (non-hydrogen) atoms. The molecular weight excluding hydrogens is 392 g/mol. The number of carbonyl (C=O) groups excluding carboxylic acids is 1. The standard InChI is InChI=1S/C23H34N4O2Si/c1-23(2,3)30(4,5)29-18-12-17(13-18)22(28)26-21-14-16(9-10-24-21)19-15-25-27-11-7-6-8-20(19)27/h9-10,14-15,17-18H,6-8,11-13H2,1-5H3,(H,24,26,28)/t17-,18+. The summed E-state index contributed by atoms with van der Waals surface area (Å²) in [5.41, 5.74) is 3.50. The summed E-state index contributed by atoms with van der Waals surface area (Å²) in [6, 6.07) is 3.96. The van der Waals surface area contributed by atoms with Gasteiger partial charge in [-0.2, -0.15) is 5.10 Å². The van der Waals surface area contributed by atoms with Crippen molar-refractivity contribution in [1.29, 1.82) is 0 Å². The van der Waals surface area contributed by atoms with Crippen molar-refractivity contribution < 1.29 is 9.22 Å². The minimum absolute atomic E-state index is 0.00846. The summed E-state index contributed by atoms with van der Waals surface area (Å²) in [6.07, 6.45) is 8.96. The second-order valence-electron chi connectivity index (χ2n) is 10.3. The van der Waals surface area contributed by atoms with Gasteiger partial charge in [-0.15, -0.1) is 0 Å². The zero-order valence-electron chi connectivity index (χ0n) is 18.9. The molecule has 0 spiro atoms. The molecule has 0 unspecified atom stereocenters. The van der Waals surface area contributed by atoms with E-state index in [1.807, 2.05) is 18.3 Å². The third kappa shape index (κ3) is 4.23. The highest BCUT2D eigenvalue weighted by atomic mass is 28.4. The number of aromatic nitrogens is 3. The van der Waals surface area contributed by atoms with E-state index in [2.05, 4.69) is 53.9 Å². The van der Waals surface area contributed by atoms with Crippen LogP contribution in [0, 0.1) is 5.92 Å². The fraction of sp³-hybridized carbons (Fsp3) is 0.609. The van der Waals surface area contributed by atoms with Crippen molar-refractivity contribution >= 4 is 20.0 Å². The monoisotopic (exact) mass is 426 g/mol. The van der Waals surface area contributed by atoms with Gasteiger partial charge in [-0.25, -0.2) is 4.98 Å². The van der Waals surface area contributed by atoms with Crippen LogP contribution in [0.1, 0.15) is 52.1 Å². The van der Waals surface area contributed by atoms with Crippen molar-refractivity contribution in [3.8, 4) is 11.1 Å². The van der Waals surface area contributed by atoms with E-state index in [9.17, 15) is 4.79 Å². The first-order valence-corrected chi connectivity index (χ1v) is 14.0. The molecule has 3 heterocycles. The molecule has 0 atom stereocenters. The van der Waals surface area contributed by atoms with Gasteiger partial charge in [0.2, 0.25) is 5.91 Å². The third-order valence-corrected chi connectivity index (χ3v) is 11.6. The van der Waals surface area contributed by atoms with Gasteiger partial charge in [-0.1, -0.05) is 20.8 Å². The maximum atomic E-state index is 12.7. The largest absolute Gasteiger partial charge is 0.414 e. The van der Waals surface area contributed by atoms with Crippen LogP contribution in [-0.4, -0.2) is 35.1 Å². The molecule has 6 nitrogen and oxygen atoms in total. The van der Waals surface area contributed by atoms with E-state index in [1.54, 1.807) is 6.20 Å². The number of aryl methyl sites for hydroxylation is 1. The number of carbonyl (C=O) groups is 1. The van der Waals surface area contributed by atoms with Crippen LogP contribution in [0.25, 0.3) is 11.1 Å². The van der Waals surface area contributed by atoms with Crippen molar-refractivity contribution in [2.45, 2.75) is 83.7 Å². The van der Waals surface area contributed by atoms with E-state index in [4.69, 9.17) is 4.43 Å². The van der Waals surface area contributed by atoms with E-state index >= 15 is 0 Å². The molecule has 1 aliphatic carbocycles. The summed E-state index contributed by atoms with van der Waals surface area (Å²) in [7, 11) is -1.78. The first-order valence-electron chi connectivity index (χ1n) is 11.1. The Morgan fingerprint density at radius 1 is 1.27 bits per heavy atom. The lowest BCUT2D eigenvalue weighted by Gasteiger charge is -2.44. The zero-order chi connectivity index (χ0) is 21.5. The van der Waals surface area contributed by atoms with Gasteiger partial charge in [0.15, 0.2) is 8.32 Å². The van der Waals surface area contributed by atoms with E-state index in [-0.39, 0.29) is 23.0 Å². The minimum atomic E-state index is -1.78. The number of pyridine rings is 1. The smallest absolute Gasteiger partial charge is 0.228 e. The number of nitrogens with one attached hydrogen (secondary N) is 1. The Hall–Kier alpha value is -1.99. The van der Waals surface area contributed by atoms with Gasteiger partial charge in [0.25, 0.3) is 0 Å². The quantitative estimate of drug-likeness (QED) is 0.682. The zero-order valence-corrected chi connectivity index (χ0v) is 19.9. The maximum Gasteiger partial charge on any atom is 0.228 e. The molecule has 0 saturated heterocycles. The lowest BCUT2D eigenvalue weighted by Crippen LogP contribution is -2.49. The highest BCUT2D eigenvalue weighted by Gasteiger charge is 2.44. The van der Waals surface area contributed by atoms with Gasteiger partial charge >= 0.3 is 0 Å². The molecule has 0 aromatic carbocycles. The van der Waals surface area contributed by atoms with Gasteiger partial charge in [0.1, 0.15) is 5.82 Å². The molecule has 1 N–H and O–H groups in total. The first kappa shape index (κ1) is 21.2. The molecule has 1 amide bonds. The summed E-state index contributed by atoms with van der Waals surface area (Å²) >= 11 is 0. The number of fused-ring (bicyclic) bond motifs is 1. The summed E-state index contributed by atoms with van der Waals surface area (Å²) in [4.78, 5) is 17.1. The second kappa shape index (κ2) is 7.93. The lowest BCUT2D eigenvalue weighted by molar-refractivity contribution is -0.125. The molecule has 0 bridgehead atoms. The average Bonchev–Trinajstić information content (AvgIpc) is 3.07. The van der Waals surface area contributed by atoms with E-state index in [0.717, 1.165) is 36.9 Å². The van der Waals surface area contributed by atoms with Crippen LogP contribution in [0.3, 0.4) is 0 Å². The molecule has 1 aliphatic heterocycles. The number of nitrogens with zero attached hydrogens (tertiary/aromatic N) is 3. The van der Waals surface area contributed by atoms with Gasteiger partial charge in [-0.3, -0.25) is 9.48 Å². The van der Waals surface area contributed by atoms with Crippen molar-refractivity contribution in [2.24, 2.45) is 5.92 Å². The normalized spacial score (nSPS) is 21.6. The van der Waals surface area contributed by atoms with Crippen LogP contribution in [0.4, 0.5) is 5.82 Å². The van der Waals surface area contributed by atoms with Crippen molar-refractivity contribution in [2.75, 3.05) is 5.32 Å². The molecule has 162 valence electrons. The Kier molecular flexibility index (Phi) is 5.61. The predicted octanol–water partition coefficient (Wildman–Crippen LogP) is 5.02. The Balaban J connectivity index is 1.36. The summed E-state index contributed by atoms with van der Waals surface area (Å²) in [6.45, 7) is 12.3. The molecule has 4 rings (SSSR count). The Morgan fingerprint density at radius 2 is 2.03 bits per heavy atom. The Morgan fingerprint density at radius 3 is 2.77 bits per heavy atom. The number of rotatable bonds is 5. The van der Waals surface area contributed by atoms with E-state index in [0.29, 0.717) is 5.82 Å². The van der Waals surface area contributed by atoms with Crippen LogP contribution < -0.4 is 5.32 Å². The van der Waals surface area contributed by atoms with E-state index < -0.39 is 8.32 Å².